The van der Waals surface area contributed by atoms with E-state index in [1.54, 1.807) is 0 Å². The first-order valence-electron chi connectivity index (χ1n) is 6.07. The van der Waals surface area contributed by atoms with Gasteiger partial charge < -0.3 is 19.5 Å². The van der Waals surface area contributed by atoms with Gasteiger partial charge in [0.2, 0.25) is 0 Å². The number of benzene rings is 1. The zero-order valence-corrected chi connectivity index (χ0v) is 9.97. The summed E-state index contributed by atoms with van der Waals surface area (Å²) in [5, 5.41) is 8.65. The van der Waals surface area contributed by atoms with Gasteiger partial charge in [0.15, 0.2) is 0 Å². The standard InChI is InChI=1S/C13H19NO3/c15-8-11-16-10-7-14-6-3-9-17-13-5-2-1-4-12(13)14/h1-2,4-5,15H,3,6-11H2. The number of hydrogen-bond donors (Lipinski definition) is 1. The molecule has 0 saturated carbocycles. The maximum Gasteiger partial charge on any atom is 0.142 e. The van der Waals surface area contributed by atoms with Gasteiger partial charge in [-0.3, -0.25) is 0 Å². The van der Waals surface area contributed by atoms with Gasteiger partial charge in [-0.1, -0.05) is 12.1 Å². The first-order chi connectivity index (χ1) is 8.42. The van der Waals surface area contributed by atoms with Crippen molar-refractivity contribution in [2.24, 2.45) is 0 Å². The fourth-order valence-electron chi connectivity index (χ4n) is 1.97. The molecule has 0 spiro atoms. The van der Waals surface area contributed by atoms with Crippen LogP contribution < -0.4 is 9.64 Å². The maximum atomic E-state index is 8.65. The van der Waals surface area contributed by atoms with E-state index in [-0.39, 0.29) is 6.61 Å². The number of aliphatic hydroxyl groups is 1. The molecule has 0 saturated heterocycles. The lowest BCUT2D eigenvalue weighted by Crippen LogP contribution is -2.28. The maximum absolute atomic E-state index is 8.65. The van der Waals surface area contributed by atoms with Crippen molar-refractivity contribution in [3.8, 4) is 5.75 Å². The van der Waals surface area contributed by atoms with Crippen LogP contribution in [0.2, 0.25) is 0 Å². The van der Waals surface area contributed by atoms with Crippen molar-refractivity contribution < 1.29 is 14.6 Å². The van der Waals surface area contributed by atoms with Crippen LogP contribution in [0.1, 0.15) is 6.42 Å². The molecule has 0 unspecified atom stereocenters. The van der Waals surface area contributed by atoms with Crippen molar-refractivity contribution in [3.63, 3.8) is 0 Å². The number of para-hydroxylation sites is 2. The minimum Gasteiger partial charge on any atom is -0.491 e. The van der Waals surface area contributed by atoms with Crippen LogP contribution in [0.15, 0.2) is 24.3 Å². The Balaban J connectivity index is 1.97. The molecule has 94 valence electrons. The Bertz CT molecular complexity index is 343. The number of rotatable bonds is 5. The molecular formula is C13H19NO3. The van der Waals surface area contributed by atoms with Gasteiger partial charge in [0, 0.05) is 13.1 Å². The summed E-state index contributed by atoms with van der Waals surface area (Å²) in [6.45, 7) is 3.71. The Labute approximate surface area is 102 Å². The molecule has 0 fully saturated rings. The van der Waals surface area contributed by atoms with Gasteiger partial charge in [-0.15, -0.1) is 0 Å². The lowest BCUT2D eigenvalue weighted by molar-refractivity contribution is 0.0967. The largest absolute Gasteiger partial charge is 0.491 e. The van der Waals surface area contributed by atoms with Crippen LogP contribution in [0.5, 0.6) is 5.75 Å². The minimum absolute atomic E-state index is 0.0830. The van der Waals surface area contributed by atoms with Crippen molar-refractivity contribution in [3.05, 3.63) is 24.3 Å². The third kappa shape index (κ3) is 3.35. The Morgan fingerprint density at radius 3 is 3.06 bits per heavy atom. The van der Waals surface area contributed by atoms with Gasteiger partial charge in [-0.25, -0.2) is 0 Å². The predicted octanol–water partition coefficient (Wildman–Crippen LogP) is 1.28. The van der Waals surface area contributed by atoms with Crippen molar-refractivity contribution in [1.29, 1.82) is 0 Å². The van der Waals surface area contributed by atoms with E-state index in [4.69, 9.17) is 14.6 Å². The lowest BCUT2D eigenvalue weighted by atomic mass is 10.2. The normalized spacial score (nSPS) is 15.0. The molecule has 0 amide bonds. The van der Waals surface area contributed by atoms with Crippen LogP contribution in [-0.4, -0.2) is 44.6 Å². The average molecular weight is 237 g/mol. The van der Waals surface area contributed by atoms with E-state index < -0.39 is 0 Å². The highest BCUT2D eigenvalue weighted by Crippen LogP contribution is 2.29. The zero-order valence-electron chi connectivity index (χ0n) is 9.97. The molecule has 0 bridgehead atoms. The fraction of sp³-hybridized carbons (Fsp3) is 0.538. The van der Waals surface area contributed by atoms with E-state index in [0.717, 1.165) is 37.6 Å². The van der Waals surface area contributed by atoms with Crippen LogP contribution in [0.3, 0.4) is 0 Å². The second kappa shape index (κ2) is 6.47. The molecule has 0 atom stereocenters. The molecule has 2 rings (SSSR count). The summed E-state index contributed by atoms with van der Waals surface area (Å²) in [6, 6.07) is 8.09. The van der Waals surface area contributed by atoms with Crippen molar-refractivity contribution in [2.75, 3.05) is 44.4 Å². The molecule has 1 aliphatic heterocycles. The Hall–Kier alpha value is -1.26. The molecule has 1 aromatic carbocycles. The SMILES string of the molecule is OCCOCCN1CCCOc2ccccc21. The summed E-state index contributed by atoms with van der Waals surface area (Å²) < 4.78 is 11.0. The second-order valence-corrected chi connectivity index (χ2v) is 3.99. The fourth-order valence-corrected chi connectivity index (χ4v) is 1.97. The van der Waals surface area contributed by atoms with Crippen LogP contribution in [0.4, 0.5) is 5.69 Å². The van der Waals surface area contributed by atoms with Gasteiger partial charge in [-0.2, -0.15) is 0 Å². The molecule has 1 heterocycles. The smallest absolute Gasteiger partial charge is 0.142 e. The van der Waals surface area contributed by atoms with E-state index >= 15 is 0 Å². The number of aliphatic hydroxyl groups excluding tert-OH is 1. The Kier molecular flexibility index (Phi) is 4.64. The highest BCUT2D eigenvalue weighted by atomic mass is 16.5. The summed E-state index contributed by atoms with van der Waals surface area (Å²) in [7, 11) is 0. The summed E-state index contributed by atoms with van der Waals surface area (Å²) in [5.41, 5.74) is 1.14. The van der Waals surface area contributed by atoms with Crippen LogP contribution >= 0.6 is 0 Å². The van der Waals surface area contributed by atoms with E-state index in [9.17, 15) is 0 Å². The van der Waals surface area contributed by atoms with Gasteiger partial charge in [-0.05, 0) is 18.6 Å². The van der Waals surface area contributed by atoms with Crippen LogP contribution in [0, 0.1) is 0 Å². The van der Waals surface area contributed by atoms with Gasteiger partial charge in [0.05, 0.1) is 32.1 Å². The van der Waals surface area contributed by atoms with E-state index in [0.29, 0.717) is 13.2 Å². The van der Waals surface area contributed by atoms with Crippen molar-refractivity contribution in [1.82, 2.24) is 0 Å². The number of nitrogens with zero attached hydrogens (tertiary/aromatic N) is 1. The summed E-state index contributed by atoms with van der Waals surface area (Å²) in [6.07, 6.45) is 1.02. The second-order valence-electron chi connectivity index (χ2n) is 3.99. The van der Waals surface area contributed by atoms with Gasteiger partial charge in [0.25, 0.3) is 0 Å². The Morgan fingerprint density at radius 1 is 1.29 bits per heavy atom. The minimum atomic E-state index is 0.0830. The molecule has 0 aromatic heterocycles. The summed E-state index contributed by atoms with van der Waals surface area (Å²) in [5.74, 6) is 0.951. The first-order valence-corrected chi connectivity index (χ1v) is 6.07. The summed E-state index contributed by atoms with van der Waals surface area (Å²) in [4.78, 5) is 2.28. The zero-order chi connectivity index (χ0) is 11.9. The molecule has 4 heteroatoms. The summed E-state index contributed by atoms with van der Waals surface area (Å²) >= 11 is 0. The van der Waals surface area contributed by atoms with Crippen LogP contribution in [0.25, 0.3) is 0 Å². The third-order valence-corrected chi connectivity index (χ3v) is 2.78. The number of ether oxygens (including phenoxy) is 2. The third-order valence-electron chi connectivity index (χ3n) is 2.78. The molecular weight excluding hydrogens is 218 g/mol. The van der Waals surface area contributed by atoms with Gasteiger partial charge in [0.1, 0.15) is 5.75 Å². The van der Waals surface area contributed by atoms with Crippen molar-refractivity contribution in [2.45, 2.75) is 6.42 Å². The molecule has 1 N–H and O–H groups in total. The van der Waals surface area contributed by atoms with Gasteiger partial charge >= 0.3 is 0 Å². The molecule has 0 aliphatic carbocycles. The quantitative estimate of drug-likeness (QED) is 0.783. The Morgan fingerprint density at radius 2 is 2.18 bits per heavy atom. The lowest BCUT2D eigenvalue weighted by Gasteiger charge is -2.23. The highest BCUT2D eigenvalue weighted by Gasteiger charge is 2.14. The first kappa shape index (κ1) is 12.2. The number of fused-ring (bicyclic) bond motifs is 1. The van der Waals surface area contributed by atoms with E-state index in [2.05, 4.69) is 11.0 Å². The average Bonchev–Trinajstić information content (AvgIpc) is 2.57. The number of hydrogen-bond acceptors (Lipinski definition) is 4. The predicted molar refractivity (Wildman–Crippen MR) is 66.7 cm³/mol. The molecule has 17 heavy (non-hydrogen) atoms. The van der Waals surface area contributed by atoms with E-state index in [1.807, 2.05) is 18.2 Å². The number of anilines is 1. The molecule has 4 nitrogen and oxygen atoms in total. The van der Waals surface area contributed by atoms with Crippen LogP contribution in [-0.2, 0) is 4.74 Å². The highest BCUT2D eigenvalue weighted by molar-refractivity contribution is 5.58. The molecule has 0 radical (unpaired) electrons. The molecule has 1 aromatic rings. The molecule has 1 aliphatic rings. The topological polar surface area (TPSA) is 41.9 Å². The van der Waals surface area contributed by atoms with E-state index in [1.165, 1.54) is 0 Å². The monoisotopic (exact) mass is 237 g/mol. The van der Waals surface area contributed by atoms with Crippen molar-refractivity contribution >= 4 is 5.69 Å².